The van der Waals surface area contributed by atoms with Crippen molar-refractivity contribution >= 4 is 11.9 Å². The van der Waals surface area contributed by atoms with Gasteiger partial charge in [0.05, 0.1) is 12.2 Å². The molecule has 0 aliphatic carbocycles. The molecule has 0 bridgehead atoms. The van der Waals surface area contributed by atoms with Gasteiger partial charge in [-0.25, -0.2) is 9.37 Å². The van der Waals surface area contributed by atoms with Crippen molar-refractivity contribution in [2.45, 2.75) is 6.42 Å². The second-order valence-electron chi connectivity index (χ2n) is 3.86. The largest absolute Gasteiger partial charge is 0.395 e. The number of aliphatic hydroxyl groups is 1. The molecule has 102 valence electrons. The van der Waals surface area contributed by atoms with Crippen molar-refractivity contribution in [1.29, 1.82) is 0 Å². The van der Waals surface area contributed by atoms with Crippen LogP contribution in [0.25, 0.3) is 0 Å². The van der Waals surface area contributed by atoms with E-state index in [0.29, 0.717) is 5.95 Å². The lowest BCUT2D eigenvalue weighted by atomic mass is 10.1. The molecule has 1 heterocycles. The fourth-order valence-electron chi connectivity index (χ4n) is 1.48. The molecule has 0 aliphatic rings. The maximum Gasteiger partial charge on any atom is 0.258 e. The van der Waals surface area contributed by atoms with Crippen LogP contribution in [0.2, 0.25) is 0 Å². The molecule has 20 heavy (non-hydrogen) atoms. The molecule has 0 spiro atoms. The van der Waals surface area contributed by atoms with Crippen LogP contribution in [0.5, 0.6) is 0 Å². The van der Waals surface area contributed by atoms with E-state index in [1.54, 1.807) is 6.20 Å². The van der Waals surface area contributed by atoms with Crippen LogP contribution in [-0.4, -0.2) is 27.6 Å². The quantitative estimate of drug-likeness (QED) is 0.742. The van der Waals surface area contributed by atoms with Gasteiger partial charge in [0.2, 0.25) is 5.95 Å². The Morgan fingerprint density at radius 2 is 2.35 bits per heavy atom. The minimum absolute atomic E-state index is 0.0712. The number of rotatable bonds is 3. The van der Waals surface area contributed by atoms with Crippen LogP contribution in [0.4, 0.5) is 10.3 Å². The van der Waals surface area contributed by atoms with Crippen LogP contribution < -0.4 is 5.32 Å². The van der Waals surface area contributed by atoms with Gasteiger partial charge in [0.25, 0.3) is 5.91 Å². The molecule has 0 atom stereocenters. The number of amides is 1. The molecule has 0 saturated heterocycles. The number of hydrogen-bond donors (Lipinski definition) is 3. The van der Waals surface area contributed by atoms with Crippen LogP contribution in [0.1, 0.15) is 22.3 Å². The monoisotopic (exact) mass is 273 g/mol. The second-order valence-corrected chi connectivity index (χ2v) is 3.86. The number of aliphatic hydroxyl groups excluding tert-OH is 1. The number of H-pyrrole nitrogens is 1. The number of carbonyl (C=O) groups is 1. The lowest BCUT2D eigenvalue weighted by Crippen LogP contribution is -2.13. The molecule has 6 heteroatoms. The highest BCUT2D eigenvalue weighted by atomic mass is 19.1. The van der Waals surface area contributed by atoms with Gasteiger partial charge in [-0.05, 0) is 18.2 Å². The van der Waals surface area contributed by atoms with E-state index in [1.807, 2.05) is 0 Å². The number of hydrogen-bond acceptors (Lipinski definition) is 3. The average Bonchev–Trinajstić information content (AvgIpc) is 2.93. The number of aromatic amines is 1. The molecular formula is C14H12FN3O2. The molecule has 0 radical (unpaired) electrons. The Kier molecular flexibility index (Phi) is 4.47. The normalized spacial score (nSPS) is 9.70. The second kappa shape index (κ2) is 6.50. The Labute approximate surface area is 114 Å². The summed E-state index contributed by atoms with van der Waals surface area (Å²) in [5.74, 6) is 4.46. The fraction of sp³-hybridized carbons (Fsp3) is 0.143. The third-order valence-corrected chi connectivity index (χ3v) is 2.42. The van der Waals surface area contributed by atoms with Crippen LogP contribution in [-0.2, 0) is 0 Å². The summed E-state index contributed by atoms with van der Waals surface area (Å²) in [6.45, 7) is -0.0712. The Morgan fingerprint density at radius 3 is 3.00 bits per heavy atom. The van der Waals surface area contributed by atoms with Crippen LogP contribution in [0.15, 0.2) is 30.6 Å². The lowest BCUT2D eigenvalue weighted by molar-refractivity contribution is 0.102. The number of carbonyl (C=O) groups excluding carboxylic acids is 1. The first-order chi connectivity index (χ1) is 9.70. The molecule has 2 rings (SSSR count). The zero-order valence-corrected chi connectivity index (χ0v) is 10.5. The van der Waals surface area contributed by atoms with Gasteiger partial charge in [-0.15, -0.1) is 0 Å². The number of benzene rings is 1. The Morgan fingerprint density at radius 1 is 1.50 bits per heavy atom. The van der Waals surface area contributed by atoms with E-state index in [9.17, 15) is 9.18 Å². The molecule has 5 nitrogen and oxygen atoms in total. The molecule has 0 fully saturated rings. The number of nitrogens with zero attached hydrogens (tertiary/aromatic N) is 1. The standard InChI is InChI=1S/C14H12FN3O2/c15-12-9-11(5-4-10(12)3-1-2-8-19)13(20)18-14-16-6-7-17-14/h4-7,9,19H,2,8H2,(H2,16,17,18,20). The van der Waals surface area contributed by atoms with Gasteiger partial charge in [0.15, 0.2) is 0 Å². The van der Waals surface area contributed by atoms with Crippen LogP contribution in [0.3, 0.4) is 0 Å². The number of imidazole rings is 1. The van der Waals surface area contributed by atoms with Gasteiger partial charge in [-0.2, -0.15) is 0 Å². The van der Waals surface area contributed by atoms with Crippen molar-refractivity contribution in [1.82, 2.24) is 9.97 Å². The fourth-order valence-corrected chi connectivity index (χ4v) is 1.48. The van der Waals surface area contributed by atoms with Crippen molar-refractivity contribution in [2.24, 2.45) is 0 Å². The highest BCUT2D eigenvalue weighted by Gasteiger charge is 2.10. The van der Waals surface area contributed by atoms with E-state index < -0.39 is 11.7 Å². The minimum Gasteiger partial charge on any atom is -0.395 e. The highest BCUT2D eigenvalue weighted by Crippen LogP contribution is 2.11. The molecule has 3 N–H and O–H groups in total. The summed E-state index contributed by atoms with van der Waals surface area (Å²) >= 11 is 0. The third-order valence-electron chi connectivity index (χ3n) is 2.42. The molecule has 1 amide bonds. The summed E-state index contributed by atoms with van der Waals surface area (Å²) in [5, 5.41) is 11.1. The Hall–Kier alpha value is -2.65. The van der Waals surface area contributed by atoms with E-state index >= 15 is 0 Å². The summed E-state index contributed by atoms with van der Waals surface area (Å²) in [4.78, 5) is 18.4. The molecule has 1 aromatic carbocycles. The molecule has 0 unspecified atom stereocenters. The number of nitrogens with one attached hydrogen (secondary N) is 2. The van der Waals surface area contributed by atoms with Gasteiger partial charge in [-0.3, -0.25) is 10.1 Å². The van der Waals surface area contributed by atoms with E-state index in [4.69, 9.17) is 5.11 Å². The van der Waals surface area contributed by atoms with Crippen molar-refractivity contribution in [3.63, 3.8) is 0 Å². The van der Waals surface area contributed by atoms with Gasteiger partial charge >= 0.3 is 0 Å². The van der Waals surface area contributed by atoms with Crippen LogP contribution in [0, 0.1) is 17.7 Å². The van der Waals surface area contributed by atoms with Gasteiger partial charge in [-0.1, -0.05) is 11.8 Å². The Bertz CT molecular complexity index is 657. The van der Waals surface area contributed by atoms with E-state index in [1.165, 1.54) is 18.3 Å². The van der Waals surface area contributed by atoms with E-state index in [0.717, 1.165) is 6.07 Å². The van der Waals surface area contributed by atoms with Crippen molar-refractivity contribution in [3.8, 4) is 11.8 Å². The summed E-state index contributed by atoms with van der Waals surface area (Å²) in [7, 11) is 0. The lowest BCUT2D eigenvalue weighted by Gasteiger charge is -2.03. The minimum atomic E-state index is -0.581. The molecule has 2 aromatic rings. The molecule has 1 aromatic heterocycles. The predicted octanol–water partition coefficient (Wildman–Crippen LogP) is 1.53. The smallest absolute Gasteiger partial charge is 0.258 e. The first-order valence-corrected chi connectivity index (χ1v) is 5.90. The molecule has 0 saturated carbocycles. The van der Waals surface area contributed by atoms with Crippen LogP contribution >= 0.6 is 0 Å². The molecular weight excluding hydrogens is 261 g/mol. The maximum atomic E-state index is 13.7. The van der Waals surface area contributed by atoms with E-state index in [-0.39, 0.29) is 24.2 Å². The number of aromatic nitrogens is 2. The maximum absolute atomic E-state index is 13.7. The van der Waals surface area contributed by atoms with Gasteiger partial charge in [0, 0.05) is 24.4 Å². The third kappa shape index (κ3) is 3.43. The first kappa shape index (κ1) is 13.8. The predicted molar refractivity (Wildman–Crippen MR) is 71.5 cm³/mol. The van der Waals surface area contributed by atoms with Crippen molar-refractivity contribution in [2.75, 3.05) is 11.9 Å². The summed E-state index contributed by atoms with van der Waals surface area (Å²) in [5.41, 5.74) is 0.361. The Balaban J connectivity index is 2.12. The zero-order valence-electron chi connectivity index (χ0n) is 10.5. The average molecular weight is 273 g/mol. The number of anilines is 1. The highest BCUT2D eigenvalue weighted by molar-refractivity contribution is 6.03. The summed E-state index contributed by atoms with van der Waals surface area (Å²) in [6.07, 6.45) is 3.34. The van der Waals surface area contributed by atoms with E-state index in [2.05, 4.69) is 27.1 Å². The zero-order chi connectivity index (χ0) is 14.4. The number of halogens is 1. The topological polar surface area (TPSA) is 78.0 Å². The summed E-state index contributed by atoms with van der Waals surface area (Å²) < 4.78 is 13.7. The van der Waals surface area contributed by atoms with Crippen molar-refractivity contribution in [3.05, 3.63) is 47.5 Å². The van der Waals surface area contributed by atoms with Gasteiger partial charge in [0.1, 0.15) is 5.82 Å². The van der Waals surface area contributed by atoms with Crippen molar-refractivity contribution < 1.29 is 14.3 Å². The summed E-state index contributed by atoms with van der Waals surface area (Å²) in [6, 6.07) is 4.02. The SMILES string of the molecule is O=C(Nc1ncc[nH]1)c1ccc(C#CCCO)c(F)c1. The van der Waals surface area contributed by atoms with Gasteiger partial charge < -0.3 is 10.1 Å². The molecule has 0 aliphatic heterocycles. The first-order valence-electron chi connectivity index (χ1n) is 5.90.